The first-order chi connectivity index (χ1) is 10.6. The first-order valence-electron chi connectivity index (χ1n) is 7.53. The molecule has 0 spiro atoms. The number of allylic oxidation sites excluding steroid dienone is 1. The summed E-state index contributed by atoms with van der Waals surface area (Å²) in [6.07, 6.45) is 2.08. The normalized spacial score (nSPS) is 12.1. The van der Waals surface area contributed by atoms with Crippen LogP contribution in [0.15, 0.2) is 12.7 Å². The molecule has 0 aromatic carbocycles. The van der Waals surface area contributed by atoms with Gasteiger partial charge in [0.1, 0.15) is 0 Å². The summed E-state index contributed by atoms with van der Waals surface area (Å²) in [5, 5.41) is 8.23. The number of ketones is 1. The second kappa shape index (κ2) is 10.5. The summed E-state index contributed by atoms with van der Waals surface area (Å²) in [6, 6.07) is 0. The summed E-state index contributed by atoms with van der Waals surface area (Å²) >= 11 is 0. The van der Waals surface area contributed by atoms with E-state index in [1.807, 2.05) is 35.2 Å². The van der Waals surface area contributed by atoms with Gasteiger partial charge in [0, 0.05) is 6.42 Å². The molecule has 0 bridgehead atoms. The Morgan fingerprint density at radius 2 is 1.58 bits per heavy atom. The lowest BCUT2D eigenvalue weighted by atomic mass is 10.2. The number of hydrogen-bond donors (Lipinski definition) is 2. The second-order valence-corrected chi connectivity index (χ2v) is 8.86. The van der Waals surface area contributed by atoms with Gasteiger partial charge in [-0.2, -0.15) is 8.42 Å². The molecule has 142 valence electrons. The van der Waals surface area contributed by atoms with Gasteiger partial charge in [0.15, 0.2) is 12.3 Å². The van der Waals surface area contributed by atoms with E-state index in [1.54, 1.807) is 0 Å². The topological polar surface area (TPSA) is 109 Å². The van der Waals surface area contributed by atoms with Crippen LogP contribution in [0.5, 0.6) is 0 Å². The summed E-state index contributed by atoms with van der Waals surface area (Å²) in [5.74, 6) is -0.997. The Hall–Kier alpha value is -1.29. The number of carboxylic acids is 1. The molecule has 0 aliphatic heterocycles. The van der Waals surface area contributed by atoms with Crippen LogP contribution in [-0.2, 0) is 19.7 Å². The maximum absolute atomic E-state index is 11.0. The van der Waals surface area contributed by atoms with Crippen molar-refractivity contribution in [1.29, 1.82) is 0 Å². The molecule has 0 aromatic heterocycles. The molecule has 9 heteroatoms. The summed E-state index contributed by atoms with van der Waals surface area (Å²) in [7, 11) is 5.48. The predicted molar refractivity (Wildman–Crippen MR) is 93.2 cm³/mol. The van der Waals surface area contributed by atoms with Crippen molar-refractivity contribution in [2.24, 2.45) is 0 Å². The van der Waals surface area contributed by atoms with Crippen LogP contribution < -0.4 is 0 Å². The smallest absolute Gasteiger partial charge is 0.359 e. The number of quaternary nitrogens is 2. The first kappa shape index (κ1) is 25.0. The maximum atomic E-state index is 11.0. The van der Waals surface area contributed by atoms with E-state index in [2.05, 4.69) is 6.58 Å². The average Bonchev–Trinajstić information content (AvgIpc) is 2.31. The lowest BCUT2D eigenvalue weighted by Crippen LogP contribution is -2.42. The van der Waals surface area contributed by atoms with Gasteiger partial charge in [0.25, 0.3) is 10.1 Å². The van der Waals surface area contributed by atoms with Gasteiger partial charge in [0.05, 0.1) is 60.5 Å². The Morgan fingerprint density at radius 1 is 1.08 bits per heavy atom. The molecule has 0 fully saturated rings. The van der Waals surface area contributed by atoms with Crippen LogP contribution in [0.4, 0.5) is 0 Å². The molecule has 24 heavy (non-hydrogen) atoms. The first-order valence-corrected chi connectivity index (χ1v) is 9.13. The van der Waals surface area contributed by atoms with E-state index in [9.17, 15) is 18.0 Å². The molecule has 0 aliphatic rings. The van der Waals surface area contributed by atoms with Crippen LogP contribution in [0.3, 0.4) is 0 Å². The van der Waals surface area contributed by atoms with Gasteiger partial charge < -0.3 is 14.1 Å². The molecule has 0 saturated heterocycles. The predicted octanol–water partition coefficient (Wildman–Crippen LogP) is 0.263. The minimum atomic E-state index is -3.88. The third-order valence-electron chi connectivity index (χ3n) is 2.97. The molecule has 0 saturated carbocycles. The SMILES string of the molecule is C=CC(=O)CC[N+](C)(C)CCCS(=O)(=O)O.C[N+](C)(C)CC(=O)O. The van der Waals surface area contributed by atoms with Crippen molar-refractivity contribution >= 4 is 21.9 Å². The van der Waals surface area contributed by atoms with Crippen molar-refractivity contribution < 1.29 is 36.6 Å². The Balaban J connectivity index is 0. The Morgan fingerprint density at radius 3 is 1.88 bits per heavy atom. The van der Waals surface area contributed by atoms with Crippen LogP contribution in [-0.4, -0.2) is 99.4 Å². The van der Waals surface area contributed by atoms with Crippen LogP contribution in [0.2, 0.25) is 0 Å². The molecule has 2 N–H and O–H groups in total. The fourth-order valence-corrected chi connectivity index (χ4v) is 2.20. The van der Waals surface area contributed by atoms with Crippen molar-refractivity contribution in [1.82, 2.24) is 0 Å². The monoisotopic (exact) mass is 368 g/mol. The van der Waals surface area contributed by atoms with Crippen LogP contribution in [0.1, 0.15) is 12.8 Å². The van der Waals surface area contributed by atoms with Gasteiger partial charge in [-0.3, -0.25) is 9.35 Å². The van der Waals surface area contributed by atoms with Gasteiger partial charge in [-0.15, -0.1) is 0 Å². The average molecular weight is 368 g/mol. The molecule has 0 atom stereocenters. The third kappa shape index (κ3) is 20.7. The van der Waals surface area contributed by atoms with E-state index in [4.69, 9.17) is 9.66 Å². The number of rotatable bonds is 10. The number of likely N-dealkylation sites (N-methyl/N-ethyl adjacent to an activating group) is 1. The number of carbonyl (C=O) groups excluding carboxylic acids is 1. The van der Waals surface area contributed by atoms with Crippen molar-refractivity contribution in [2.75, 3.05) is 60.6 Å². The number of carbonyl (C=O) groups is 2. The van der Waals surface area contributed by atoms with E-state index in [-0.39, 0.29) is 18.1 Å². The van der Waals surface area contributed by atoms with E-state index >= 15 is 0 Å². The molecule has 0 amide bonds. The lowest BCUT2D eigenvalue weighted by molar-refractivity contribution is -0.889. The second-order valence-electron chi connectivity index (χ2n) is 7.29. The van der Waals surface area contributed by atoms with Gasteiger partial charge >= 0.3 is 5.97 Å². The Bertz CT molecular complexity index is 521. The molecule has 0 heterocycles. The standard InChI is InChI=1S/C10H19NO4S.C5H11NO2/c1-4-10(12)6-8-11(2,3)7-5-9-16(13,14)15;1-6(2,3)4-5(7)8/h4H,1,5-9H2,2-3H3;4H2,1-3H3/p+2. The van der Waals surface area contributed by atoms with Gasteiger partial charge in [-0.25, -0.2) is 4.79 Å². The fraction of sp³-hybridized carbons (Fsp3) is 0.733. The van der Waals surface area contributed by atoms with Gasteiger partial charge in [0.2, 0.25) is 0 Å². The van der Waals surface area contributed by atoms with Crippen molar-refractivity contribution in [3.63, 3.8) is 0 Å². The number of aliphatic carboxylic acids is 1. The zero-order chi connectivity index (χ0) is 19.6. The van der Waals surface area contributed by atoms with Crippen molar-refractivity contribution in [3.8, 4) is 0 Å². The summed E-state index contributed by atoms with van der Waals surface area (Å²) in [4.78, 5) is 21.0. The zero-order valence-electron chi connectivity index (χ0n) is 15.4. The molecule has 0 aliphatic carbocycles. The number of carboxylic acid groups (broad SMARTS) is 1. The zero-order valence-corrected chi connectivity index (χ0v) is 16.2. The molecule has 0 radical (unpaired) electrons. The van der Waals surface area contributed by atoms with Crippen LogP contribution >= 0.6 is 0 Å². The Kier molecular flexibility index (Phi) is 11.0. The quantitative estimate of drug-likeness (QED) is 0.325. The fourth-order valence-electron chi connectivity index (χ4n) is 1.71. The molecular weight excluding hydrogens is 336 g/mol. The van der Waals surface area contributed by atoms with Crippen LogP contribution in [0.25, 0.3) is 0 Å². The van der Waals surface area contributed by atoms with Crippen LogP contribution in [0, 0.1) is 0 Å². The highest BCUT2D eigenvalue weighted by Gasteiger charge is 2.17. The summed E-state index contributed by atoms with van der Waals surface area (Å²) < 4.78 is 30.6. The van der Waals surface area contributed by atoms with Crippen molar-refractivity contribution in [2.45, 2.75) is 12.8 Å². The van der Waals surface area contributed by atoms with E-state index in [0.717, 1.165) is 0 Å². The molecule has 0 rings (SSSR count). The number of nitrogens with zero attached hydrogens (tertiary/aromatic N) is 2. The van der Waals surface area contributed by atoms with E-state index in [0.29, 0.717) is 34.9 Å². The minimum Gasteiger partial charge on any atom is -0.477 e. The highest BCUT2D eigenvalue weighted by atomic mass is 32.2. The van der Waals surface area contributed by atoms with Gasteiger partial charge in [-0.05, 0) is 6.08 Å². The minimum absolute atomic E-state index is 0.0130. The summed E-state index contributed by atoms with van der Waals surface area (Å²) in [6.45, 7) is 4.80. The third-order valence-corrected chi connectivity index (χ3v) is 3.77. The number of hydrogen-bond acceptors (Lipinski definition) is 4. The summed E-state index contributed by atoms with van der Waals surface area (Å²) in [5.41, 5.74) is 0. The highest BCUT2D eigenvalue weighted by Crippen LogP contribution is 2.03. The molecular formula is C15H32N2O6S+2. The molecule has 0 aromatic rings. The highest BCUT2D eigenvalue weighted by molar-refractivity contribution is 7.85. The Labute approximate surface area is 145 Å². The maximum Gasteiger partial charge on any atom is 0.359 e. The molecule has 8 nitrogen and oxygen atoms in total. The molecule has 0 unspecified atom stereocenters. The van der Waals surface area contributed by atoms with Gasteiger partial charge in [-0.1, -0.05) is 6.58 Å². The van der Waals surface area contributed by atoms with E-state index in [1.165, 1.54) is 6.08 Å². The lowest BCUT2D eigenvalue weighted by Gasteiger charge is -2.29. The largest absolute Gasteiger partial charge is 0.477 e. The van der Waals surface area contributed by atoms with E-state index < -0.39 is 16.1 Å². The van der Waals surface area contributed by atoms with Crippen molar-refractivity contribution in [3.05, 3.63) is 12.7 Å².